The lowest BCUT2D eigenvalue weighted by molar-refractivity contribution is 1.05. The van der Waals surface area contributed by atoms with Gasteiger partial charge in [-0.1, -0.05) is 35.0 Å². The van der Waals surface area contributed by atoms with Crippen LogP contribution in [0.4, 0.5) is 5.69 Å². The number of hydrogen-bond acceptors (Lipinski definition) is 2. The van der Waals surface area contributed by atoms with E-state index < -0.39 is 0 Å². The molecule has 0 fully saturated rings. The molecule has 2 aromatic carbocycles. The summed E-state index contributed by atoms with van der Waals surface area (Å²) < 4.78 is 1.05. The number of H-pyrrole nitrogens is 1. The lowest BCUT2D eigenvalue weighted by atomic mass is 10.1. The molecule has 4 nitrogen and oxygen atoms in total. The summed E-state index contributed by atoms with van der Waals surface area (Å²) in [7, 11) is 0. The minimum atomic E-state index is 0.456. The third-order valence-electron chi connectivity index (χ3n) is 3.97. The van der Waals surface area contributed by atoms with Crippen molar-refractivity contribution >= 4 is 56.1 Å². The number of benzene rings is 2. The first-order chi connectivity index (χ1) is 12.1. The summed E-state index contributed by atoms with van der Waals surface area (Å²) in [6.07, 6.45) is 4.72. The predicted octanol–water partition coefficient (Wildman–Crippen LogP) is 5.12. The molecule has 3 N–H and O–H groups in total. The van der Waals surface area contributed by atoms with Crippen molar-refractivity contribution in [1.29, 1.82) is 0 Å². The molecule has 0 bridgehead atoms. The van der Waals surface area contributed by atoms with Crippen LogP contribution in [0.1, 0.15) is 23.6 Å². The molecule has 6 heteroatoms. The fourth-order valence-corrected chi connectivity index (χ4v) is 3.38. The Morgan fingerprint density at radius 1 is 1.28 bits per heavy atom. The number of nitrogens with one attached hydrogen (secondary N) is 3. The predicted molar refractivity (Wildman–Crippen MR) is 114 cm³/mol. The normalized spacial score (nSPS) is 11.2. The summed E-state index contributed by atoms with van der Waals surface area (Å²) >= 11 is 8.81. The van der Waals surface area contributed by atoms with Crippen molar-refractivity contribution in [2.24, 2.45) is 5.10 Å². The van der Waals surface area contributed by atoms with Crippen molar-refractivity contribution in [3.8, 4) is 0 Å². The van der Waals surface area contributed by atoms with Crippen LogP contribution in [0.3, 0.4) is 0 Å². The van der Waals surface area contributed by atoms with Crippen molar-refractivity contribution in [1.82, 2.24) is 10.4 Å². The van der Waals surface area contributed by atoms with E-state index in [1.165, 1.54) is 11.1 Å². The largest absolute Gasteiger partial charge is 0.360 e. The zero-order valence-electron chi connectivity index (χ0n) is 14.1. The first-order valence-corrected chi connectivity index (χ1v) is 9.23. The highest BCUT2D eigenvalue weighted by molar-refractivity contribution is 9.10. The van der Waals surface area contributed by atoms with Gasteiger partial charge >= 0.3 is 0 Å². The summed E-state index contributed by atoms with van der Waals surface area (Å²) in [6.45, 7) is 4.21. The van der Waals surface area contributed by atoms with Gasteiger partial charge in [0.05, 0.1) is 6.21 Å². The van der Waals surface area contributed by atoms with Gasteiger partial charge in [-0.05, 0) is 61.0 Å². The minimum absolute atomic E-state index is 0.456. The summed E-state index contributed by atoms with van der Waals surface area (Å²) in [4.78, 5) is 3.28. The first kappa shape index (κ1) is 17.6. The summed E-state index contributed by atoms with van der Waals surface area (Å²) in [5.41, 5.74) is 8.39. The maximum absolute atomic E-state index is 5.28. The quantitative estimate of drug-likeness (QED) is 0.315. The van der Waals surface area contributed by atoms with Crippen LogP contribution in [0.25, 0.3) is 10.9 Å². The molecule has 1 aromatic heterocycles. The number of aryl methyl sites for hydroxylation is 2. The number of aromatic amines is 1. The van der Waals surface area contributed by atoms with E-state index in [2.05, 4.69) is 74.9 Å². The van der Waals surface area contributed by atoms with E-state index in [1.807, 2.05) is 18.3 Å². The van der Waals surface area contributed by atoms with Crippen LogP contribution in [0.15, 0.2) is 52.2 Å². The van der Waals surface area contributed by atoms with Gasteiger partial charge in [-0.25, -0.2) is 0 Å². The van der Waals surface area contributed by atoms with Crippen molar-refractivity contribution in [2.75, 3.05) is 5.32 Å². The number of hydrazone groups is 1. The highest BCUT2D eigenvalue weighted by Gasteiger charge is 2.05. The molecular formula is C19H19BrN4S. The van der Waals surface area contributed by atoms with Crippen LogP contribution in [0.2, 0.25) is 0 Å². The lowest BCUT2D eigenvalue weighted by Gasteiger charge is -2.07. The van der Waals surface area contributed by atoms with Crippen LogP contribution in [0, 0.1) is 6.92 Å². The number of nitrogens with zero attached hydrogens (tertiary/aromatic N) is 1. The number of aromatic nitrogens is 1. The Bertz CT molecular complexity index is 928. The standard InChI is InChI=1S/C19H19BrN4S/c1-3-13-4-6-16(7-5-13)23-19(25)24-22-11-14-10-21-18-12(2)8-15(20)9-17(14)18/h4-11,21H,3H2,1-2H3,(H2,23,24,25)/b22-11+. The van der Waals surface area contributed by atoms with Crippen molar-refractivity contribution in [2.45, 2.75) is 20.3 Å². The van der Waals surface area contributed by atoms with Crippen LogP contribution in [0.5, 0.6) is 0 Å². The molecule has 0 saturated carbocycles. The molecule has 0 spiro atoms. The average Bonchev–Trinajstić information content (AvgIpc) is 2.99. The second-order valence-corrected chi connectivity index (χ2v) is 7.09. The second-order valence-electron chi connectivity index (χ2n) is 5.76. The zero-order chi connectivity index (χ0) is 17.8. The Hall–Kier alpha value is -2.18. The second kappa shape index (κ2) is 7.80. The van der Waals surface area contributed by atoms with Gasteiger partial charge in [-0.15, -0.1) is 0 Å². The third kappa shape index (κ3) is 4.27. The van der Waals surface area contributed by atoms with Gasteiger partial charge in [0.25, 0.3) is 0 Å². The average molecular weight is 415 g/mol. The highest BCUT2D eigenvalue weighted by Crippen LogP contribution is 2.25. The molecule has 0 aliphatic rings. The minimum Gasteiger partial charge on any atom is -0.360 e. The molecule has 3 aromatic rings. The lowest BCUT2D eigenvalue weighted by Crippen LogP contribution is -2.23. The number of anilines is 1. The molecule has 1 heterocycles. The van der Waals surface area contributed by atoms with Gasteiger partial charge in [0, 0.05) is 32.8 Å². The van der Waals surface area contributed by atoms with Gasteiger partial charge in [0.15, 0.2) is 5.11 Å². The van der Waals surface area contributed by atoms with Crippen molar-refractivity contribution in [3.05, 3.63) is 63.8 Å². The first-order valence-electron chi connectivity index (χ1n) is 8.03. The van der Waals surface area contributed by atoms with Crippen LogP contribution < -0.4 is 10.7 Å². The SMILES string of the molecule is CCc1ccc(NC(=S)N/N=C/c2c[nH]c3c(C)cc(Br)cc23)cc1. The highest BCUT2D eigenvalue weighted by atomic mass is 79.9. The molecule has 0 saturated heterocycles. The smallest absolute Gasteiger partial charge is 0.191 e. The number of hydrogen-bond donors (Lipinski definition) is 3. The Labute approximate surface area is 160 Å². The molecular weight excluding hydrogens is 396 g/mol. The van der Waals surface area contributed by atoms with Gasteiger partial charge in [0.2, 0.25) is 0 Å². The van der Waals surface area contributed by atoms with E-state index in [0.29, 0.717) is 5.11 Å². The number of thiocarbonyl (C=S) groups is 1. The topological polar surface area (TPSA) is 52.2 Å². The molecule has 0 amide bonds. The Morgan fingerprint density at radius 2 is 2.04 bits per heavy atom. The van der Waals surface area contributed by atoms with Crippen LogP contribution in [-0.4, -0.2) is 16.3 Å². The fraction of sp³-hybridized carbons (Fsp3) is 0.158. The van der Waals surface area contributed by atoms with E-state index in [1.54, 1.807) is 6.21 Å². The summed E-state index contributed by atoms with van der Waals surface area (Å²) in [5.74, 6) is 0. The molecule has 128 valence electrons. The van der Waals surface area contributed by atoms with E-state index in [0.717, 1.165) is 33.0 Å². The Morgan fingerprint density at radius 3 is 2.76 bits per heavy atom. The van der Waals surface area contributed by atoms with Gasteiger partial charge < -0.3 is 10.3 Å². The van der Waals surface area contributed by atoms with Gasteiger partial charge in [0.1, 0.15) is 0 Å². The van der Waals surface area contributed by atoms with E-state index in [-0.39, 0.29) is 0 Å². The van der Waals surface area contributed by atoms with E-state index in [4.69, 9.17) is 12.2 Å². The van der Waals surface area contributed by atoms with Crippen molar-refractivity contribution < 1.29 is 0 Å². The number of rotatable bonds is 4. The van der Waals surface area contributed by atoms with E-state index in [9.17, 15) is 0 Å². The maximum atomic E-state index is 5.28. The fourth-order valence-electron chi connectivity index (χ4n) is 2.64. The molecule has 3 rings (SSSR count). The zero-order valence-corrected chi connectivity index (χ0v) is 16.5. The van der Waals surface area contributed by atoms with Crippen LogP contribution in [-0.2, 0) is 6.42 Å². The molecule has 0 aliphatic heterocycles. The molecule has 0 radical (unpaired) electrons. The molecule has 0 aliphatic carbocycles. The summed E-state index contributed by atoms with van der Waals surface area (Å²) in [6, 6.07) is 12.3. The number of fused-ring (bicyclic) bond motifs is 1. The van der Waals surface area contributed by atoms with E-state index >= 15 is 0 Å². The molecule has 0 unspecified atom stereocenters. The molecule has 0 atom stereocenters. The summed E-state index contributed by atoms with van der Waals surface area (Å²) in [5, 5.41) is 8.93. The monoisotopic (exact) mass is 414 g/mol. The molecule has 25 heavy (non-hydrogen) atoms. The van der Waals surface area contributed by atoms with Crippen LogP contribution >= 0.6 is 28.1 Å². The van der Waals surface area contributed by atoms with Gasteiger partial charge in [-0.2, -0.15) is 5.10 Å². The number of halogens is 1. The third-order valence-corrected chi connectivity index (χ3v) is 4.62. The van der Waals surface area contributed by atoms with Crippen molar-refractivity contribution in [3.63, 3.8) is 0 Å². The van der Waals surface area contributed by atoms with Gasteiger partial charge in [-0.3, -0.25) is 5.43 Å². The Kier molecular flexibility index (Phi) is 5.50. The Balaban J connectivity index is 1.65. The maximum Gasteiger partial charge on any atom is 0.191 e.